The van der Waals surface area contributed by atoms with Gasteiger partial charge < -0.3 is 4.90 Å². The van der Waals surface area contributed by atoms with Crippen molar-refractivity contribution >= 4 is 5.91 Å². The number of carbonyl (C=O) groups excluding carboxylic acids is 1. The van der Waals surface area contributed by atoms with Crippen molar-refractivity contribution in [3.63, 3.8) is 0 Å². The molecule has 13 heavy (non-hydrogen) atoms. The van der Waals surface area contributed by atoms with E-state index in [9.17, 15) is 4.79 Å². The highest BCUT2D eigenvalue weighted by atomic mass is 16.2. The van der Waals surface area contributed by atoms with E-state index in [0.717, 1.165) is 5.70 Å². The minimum atomic E-state index is -0.00170. The smallest absolute Gasteiger partial charge is 0.229 e. The molecule has 0 bridgehead atoms. The van der Waals surface area contributed by atoms with E-state index in [1.165, 1.54) is 0 Å². The molecule has 2 nitrogen and oxygen atoms in total. The Balaban J connectivity index is 4.64. The third kappa shape index (κ3) is 3.28. The number of rotatable bonds is 4. The van der Waals surface area contributed by atoms with Crippen LogP contribution in [0.1, 0.15) is 13.8 Å². The van der Waals surface area contributed by atoms with Crippen LogP contribution in [0, 0.1) is 5.92 Å². The number of allylic oxidation sites excluding steroid dienone is 3. The first kappa shape index (κ1) is 11.7. The van der Waals surface area contributed by atoms with Gasteiger partial charge in [0, 0.05) is 18.7 Å². The van der Waals surface area contributed by atoms with Crippen molar-refractivity contribution in [2.24, 2.45) is 5.92 Å². The molecule has 2 heteroatoms. The summed E-state index contributed by atoms with van der Waals surface area (Å²) in [5, 5.41) is 0. The second kappa shape index (κ2) is 5.36. The van der Waals surface area contributed by atoms with Crippen LogP contribution in [0.2, 0.25) is 0 Å². The third-order valence-corrected chi connectivity index (χ3v) is 1.71. The lowest BCUT2D eigenvalue weighted by molar-refractivity contribution is -0.131. The predicted molar refractivity (Wildman–Crippen MR) is 56.1 cm³/mol. The second-order valence-corrected chi connectivity index (χ2v) is 3.08. The fourth-order valence-electron chi connectivity index (χ4n) is 0.952. The highest BCUT2D eigenvalue weighted by molar-refractivity contribution is 5.80. The zero-order chi connectivity index (χ0) is 10.4. The molecule has 0 aromatic carbocycles. The third-order valence-electron chi connectivity index (χ3n) is 1.71. The number of amides is 1. The maximum atomic E-state index is 11.5. The molecule has 0 aliphatic carbocycles. The van der Waals surface area contributed by atoms with E-state index in [-0.39, 0.29) is 11.8 Å². The lowest BCUT2D eigenvalue weighted by Gasteiger charge is -2.19. The molecule has 0 saturated carbocycles. The van der Waals surface area contributed by atoms with Crippen molar-refractivity contribution in [2.75, 3.05) is 7.05 Å². The van der Waals surface area contributed by atoms with Gasteiger partial charge in [-0.1, -0.05) is 33.1 Å². The van der Waals surface area contributed by atoms with E-state index in [0.29, 0.717) is 0 Å². The van der Waals surface area contributed by atoms with E-state index in [2.05, 4.69) is 13.2 Å². The van der Waals surface area contributed by atoms with Gasteiger partial charge in [-0.05, 0) is 12.2 Å². The van der Waals surface area contributed by atoms with Crippen molar-refractivity contribution in [2.45, 2.75) is 13.8 Å². The number of hydrogen-bond acceptors (Lipinski definition) is 1. The van der Waals surface area contributed by atoms with Gasteiger partial charge in [-0.3, -0.25) is 4.79 Å². The normalized spacial score (nSPS) is 11.2. The lowest BCUT2D eigenvalue weighted by atomic mass is 10.2. The van der Waals surface area contributed by atoms with Crippen molar-refractivity contribution in [3.05, 3.63) is 37.1 Å². The number of nitrogens with zero attached hydrogens (tertiary/aromatic N) is 1. The van der Waals surface area contributed by atoms with E-state index in [1.807, 2.05) is 13.8 Å². The second-order valence-electron chi connectivity index (χ2n) is 3.08. The quantitative estimate of drug-likeness (QED) is 0.607. The Bertz CT molecular complexity index is 238. The Morgan fingerprint density at radius 1 is 1.38 bits per heavy atom. The average molecular weight is 179 g/mol. The Labute approximate surface area is 80.2 Å². The molecular formula is C11H17NO. The molecule has 0 fully saturated rings. The monoisotopic (exact) mass is 179 g/mol. The summed E-state index contributed by atoms with van der Waals surface area (Å²) in [4.78, 5) is 13.1. The lowest BCUT2D eigenvalue weighted by Crippen LogP contribution is -2.29. The summed E-state index contributed by atoms with van der Waals surface area (Å²) in [5.41, 5.74) is 0.772. The fraction of sp³-hybridized carbons (Fsp3) is 0.364. The molecule has 0 aliphatic heterocycles. The summed E-state index contributed by atoms with van der Waals surface area (Å²) in [5.74, 6) is 0.0752. The molecule has 0 aliphatic rings. The standard InChI is InChI=1S/C11H17NO/c1-6-8-10(7-2)12(5)11(13)9(3)4/h6-9H,1-2H2,3-5H3. The van der Waals surface area contributed by atoms with Crippen molar-refractivity contribution in [1.82, 2.24) is 4.90 Å². The van der Waals surface area contributed by atoms with E-state index < -0.39 is 0 Å². The van der Waals surface area contributed by atoms with Crippen LogP contribution in [-0.4, -0.2) is 17.9 Å². The molecule has 72 valence electrons. The highest BCUT2D eigenvalue weighted by Gasteiger charge is 2.13. The maximum absolute atomic E-state index is 11.5. The van der Waals surface area contributed by atoms with Gasteiger partial charge in [-0.2, -0.15) is 0 Å². The van der Waals surface area contributed by atoms with Gasteiger partial charge in [0.1, 0.15) is 0 Å². The van der Waals surface area contributed by atoms with Gasteiger partial charge in [0.05, 0.1) is 0 Å². The van der Waals surface area contributed by atoms with E-state index in [4.69, 9.17) is 0 Å². The molecule has 1 amide bonds. The summed E-state index contributed by atoms with van der Waals surface area (Å²) in [6.07, 6.45) is 5.04. The minimum Gasteiger partial charge on any atom is -0.315 e. The molecule has 0 aromatic rings. The molecule has 0 heterocycles. The summed E-state index contributed by atoms with van der Waals surface area (Å²) >= 11 is 0. The summed E-state index contributed by atoms with van der Waals surface area (Å²) in [6.45, 7) is 10.9. The van der Waals surface area contributed by atoms with Crippen molar-refractivity contribution in [3.8, 4) is 0 Å². The minimum absolute atomic E-state index is 0.00170. The summed E-state index contributed by atoms with van der Waals surface area (Å²) < 4.78 is 0. The van der Waals surface area contributed by atoms with Crippen LogP contribution in [0.3, 0.4) is 0 Å². The van der Waals surface area contributed by atoms with Crippen LogP contribution >= 0.6 is 0 Å². The van der Waals surface area contributed by atoms with Crippen LogP contribution in [0.15, 0.2) is 37.1 Å². The molecule has 0 atom stereocenters. The van der Waals surface area contributed by atoms with Gasteiger partial charge in [-0.15, -0.1) is 0 Å². The van der Waals surface area contributed by atoms with Crippen LogP contribution in [0.5, 0.6) is 0 Å². The molecule has 0 unspecified atom stereocenters. The molecule has 0 radical (unpaired) electrons. The number of likely N-dealkylation sites (N-methyl/N-ethyl adjacent to an activating group) is 1. The van der Waals surface area contributed by atoms with Gasteiger partial charge in [-0.25, -0.2) is 0 Å². The Kier molecular flexibility index (Phi) is 4.82. The van der Waals surface area contributed by atoms with Crippen LogP contribution < -0.4 is 0 Å². The first-order valence-electron chi connectivity index (χ1n) is 4.27. The highest BCUT2D eigenvalue weighted by Crippen LogP contribution is 2.08. The van der Waals surface area contributed by atoms with Crippen molar-refractivity contribution in [1.29, 1.82) is 0 Å². The van der Waals surface area contributed by atoms with Crippen molar-refractivity contribution < 1.29 is 4.79 Å². The maximum Gasteiger partial charge on any atom is 0.229 e. The zero-order valence-corrected chi connectivity index (χ0v) is 8.58. The fourth-order valence-corrected chi connectivity index (χ4v) is 0.952. The molecule has 0 rings (SSSR count). The Morgan fingerprint density at radius 2 is 1.92 bits per heavy atom. The van der Waals surface area contributed by atoms with E-state index in [1.54, 1.807) is 30.2 Å². The molecule has 0 aromatic heterocycles. The molecule has 0 spiro atoms. The zero-order valence-electron chi connectivity index (χ0n) is 8.58. The molecular weight excluding hydrogens is 162 g/mol. The first-order valence-corrected chi connectivity index (χ1v) is 4.27. The summed E-state index contributed by atoms with van der Waals surface area (Å²) in [6, 6.07) is 0. The number of hydrogen-bond donors (Lipinski definition) is 0. The Morgan fingerprint density at radius 3 is 2.23 bits per heavy atom. The largest absolute Gasteiger partial charge is 0.315 e. The predicted octanol–water partition coefficient (Wildman–Crippen LogP) is 2.36. The van der Waals surface area contributed by atoms with Crippen LogP contribution in [0.25, 0.3) is 0 Å². The molecule has 0 N–H and O–H groups in total. The van der Waals surface area contributed by atoms with Gasteiger partial charge in [0.2, 0.25) is 5.91 Å². The molecule has 0 saturated heterocycles. The van der Waals surface area contributed by atoms with Gasteiger partial charge in [0.25, 0.3) is 0 Å². The van der Waals surface area contributed by atoms with Gasteiger partial charge in [0.15, 0.2) is 0 Å². The van der Waals surface area contributed by atoms with Crippen LogP contribution in [0.4, 0.5) is 0 Å². The first-order chi connectivity index (χ1) is 6.04. The SMILES string of the molecule is C=CC=C(C=C)N(C)C(=O)C(C)C. The topological polar surface area (TPSA) is 20.3 Å². The van der Waals surface area contributed by atoms with Gasteiger partial charge >= 0.3 is 0 Å². The van der Waals surface area contributed by atoms with E-state index >= 15 is 0 Å². The Hall–Kier alpha value is -1.31. The summed E-state index contributed by atoms with van der Waals surface area (Å²) in [7, 11) is 1.74. The number of carbonyl (C=O) groups is 1. The average Bonchev–Trinajstić information content (AvgIpc) is 2.11. The van der Waals surface area contributed by atoms with Crippen LogP contribution in [-0.2, 0) is 4.79 Å².